The first-order valence-electron chi connectivity index (χ1n) is 12.6. The number of carbonyl (C=O) groups excluding carboxylic acids is 2. The van der Waals surface area contributed by atoms with Crippen molar-refractivity contribution in [2.75, 3.05) is 24.4 Å². The first kappa shape index (κ1) is 31.4. The van der Waals surface area contributed by atoms with Crippen molar-refractivity contribution in [3.8, 4) is 0 Å². The second-order valence-corrected chi connectivity index (χ2v) is 12.6. The molecule has 9 nitrogen and oxygen atoms in total. The summed E-state index contributed by atoms with van der Waals surface area (Å²) in [6.45, 7) is 0. The number of halogens is 3. The largest absolute Gasteiger partial charge is 0.467 e. The van der Waals surface area contributed by atoms with Crippen molar-refractivity contribution in [1.29, 1.82) is 0 Å². The number of nitrogens with zero attached hydrogens (tertiary/aromatic N) is 2. The average molecular weight is 601 g/mol. The van der Waals surface area contributed by atoms with E-state index in [1.807, 2.05) is 0 Å². The van der Waals surface area contributed by atoms with E-state index in [4.69, 9.17) is 17.0 Å². The molecular weight excluding hydrogens is 569 g/mol. The van der Waals surface area contributed by atoms with Crippen LogP contribution in [-0.2, 0) is 32.0 Å². The summed E-state index contributed by atoms with van der Waals surface area (Å²) in [6.07, 6.45) is 3.10. The van der Waals surface area contributed by atoms with Crippen LogP contribution in [0.4, 0.5) is 18.9 Å². The number of alkyl halides is 3. The fourth-order valence-electron chi connectivity index (χ4n) is 4.42. The number of thiocarbonyl (C=S) groups is 1. The zero-order valence-electron chi connectivity index (χ0n) is 22.1. The Morgan fingerprint density at radius 1 is 1.12 bits per heavy atom. The number of methoxy groups -OCH3 is 1. The SMILES string of the molecule is COC(=O)[C@H](Cc1ccc(NC(=O)c2cnc(C(F)(F)F)nc2)cc1)NC(=S)C1(CCCCS(C)(=O)=O)CCC1. The van der Waals surface area contributed by atoms with Crippen LogP contribution < -0.4 is 10.6 Å². The lowest BCUT2D eigenvalue weighted by Gasteiger charge is -2.43. The van der Waals surface area contributed by atoms with Crippen molar-refractivity contribution in [2.45, 2.75) is 57.2 Å². The molecule has 1 amide bonds. The van der Waals surface area contributed by atoms with Crippen LogP contribution in [0.5, 0.6) is 0 Å². The van der Waals surface area contributed by atoms with E-state index in [2.05, 4.69) is 20.6 Å². The van der Waals surface area contributed by atoms with Gasteiger partial charge in [-0.25, -0.2) is 23.2 Å². The number of amides is 1. The van der Waals surface area contributed by atoms with E-state index in [9.17, 15) is 31.2 Å². The molecule has 0 radical (unpaired) electrons. The molecule has 0 saturated heterocycles. The van der Waals surface area contributed by atoms with Crippen LogP contribution in [0, 0.1) is 5.41 Å². The van der Waals surface area contributed by atoms with Gasteiger partial charge < -0.3 is 15.4 Å². The minimum atomic E-state index is -4.70. The standard InChI is InChI=1S/C26H31F3N4O5S2/c1-38-22(35)20(33-24(39)25(11-5-12-25)10-3-4-13-40(2,36)37)14-17-6-8-19(9-7-17)32-21(34)18-15-30-23(31-16-18)26(27,28)29/h6-9,15-16,20H,3-5,10-14H2,1-2H3,(H,32,34)(H,33,39)/t20-/m0/s1. The van der Waals surface area contributed by atoms with E-state index in [0.29, 0.717) is 23.5 Å². The lowest BCUT2D eigenvalue weighted by atomic mass is 9.65. The summed E-state index contributed by atoms with van der Waals surface area (Å²) in [4.78, 5) is 31.9. The van der Waals surface area contributed by atoms with Crippen LogP contribution in [0.15, 0.2) is 36.7 Å². The maximum absolute atomic E-state index is 12.6. The maximum Gasteiger partial charge on any atom is 0.451 e. The summed E-state index contributed by atoms with van der Waals surface area (Å²) in [6, 6.07) is 5.84. The normalized spacial score (nSPS) is 15.4. The van der Waals surface area contributed by atoms with Gasteiger partial charge in [-0.15, -0.1) is 0 Å². The van der Waals surface area contributed by atoms with Gasteiger partial charge in [0, 0.05) is 41.9 Å². The number of hydrogen-bond acceptors (Lipinski definition) is 8. The molecule has 2 aromatic rings. The van der Waals surface area contributed by atoms with Crippen LogP contribution in [0.3, 0.4) is 0 Å². The molecule has 0 unspecified atom stereocenters. The zero-order chi connectivity index (χ0) is 29.6. The fourth-order valence-corrected chi connectivity index (χ4v) is 5.60. The Bertz CT molecular complexity index is 1310. The van der Waals surface area contributed by atoms with Gasteiger partial charge in [0.2, 0.25) is 5.82 Å². The van der Waals surface area contributed by atoms with Crippen molar-refractivity contribution >= 4 is 44.6 Å². The molecule has 1 saturated carbocycles. The number of aromatic nitrogens is 2. The molecule has 1 aromatic carbocycles. The summed E-state index contributed by atoms with van der Waals surface area (Å²) in [5.41, 5.74) is 0.725. The topological polar surface area (TPSA) is 127 Å². The molecule has 218 valence electrons. The molecule has 1 heterocycles. The van der Waals surface area contributed by atoms with Gasteiger partial charge in [0.25, 0.3) is 5.91 Å². The maximum atomic E-state index is 12.6. The molecule has 1 atom stereocenters. The van der Waals surface area contributed by atoms with Crippen molar-refractivity contribution in [3.05, 3.63) is 53.6 Å². The first-order chi connectivity index (χ1) is 18.7. The lowest BCUT2D eigenvalue weighted by Crippen LogP contribution is -2.51. The van der Waals surface area contributed by atoms with Crippen LogP contribution in [0.2, 0.25) is 0 Å². The number of hydrogen-bond donors (Lipinski definition) is 2. The zero-order valence-corrected chi connectivity index (χ0v) is 23.7. The minimum absolute atomic E-state index is 0.128. The third kappa shape index (κ3) is 8.68. The molecule has 1 aliphatic carbocycles. The Labute approximate surface area is 236 Å². The Kier molecular flexibility index (Phi) is 10.2. The van der Waals surface area contributed by atoms with E-state index >= 15 is 0 Å². The quantitative estimate of drug-likeness (QED) is 0.210. The highest BCUT2D eigenvalue weighted by atomic mass is 32.2. The summed E-state index contributed by atoms with van der Waals surface area (Å²) >= 11 is 5.71. The molecule has 0 bridgehead atoms. The fraction of sp³-hybridized carbons (Fsp3) is 0.500. The van der Waals surface area contributed by atoms with Crippen LogP contribution in [-0.4, -0.2) is 60.4 Å². The average Bonchev–Trinajstić information content (AvgIpc) is 2.86. The number of carbonyl (C=O) groups is 2. The molecule has 1 fully saturated rings. The number of benzene rings is 1. The van der Waals surface area contributed by atoms with E-state index in [0.717, 1.165) is 43.6 Å². The molecule has 0 spiro atoms. The first-order valence-corrected chi connectivity index (χ1v) is 15.1. The van der Waals surface area contributed by atoms with Gasteiger partial charge in [0.15, 0.2) is 0 Å². The predicted octanol–water partition coefficient (Wildman–Crippen LogP) is 4.13. The highest BCUT2D eigenvalue weighted by molar-refractivity contribution is 7.90. The van der Waals surface area contributed by atoms with Gasteiger partial charge in [0.05, 0.1) is 17.7 Å². The van der Waals surface area contributed by atoms with Gasteiger partial charge in [-0.2, -0.15) is 13.2 Å². The highest BCUT2D eigenvalue weighted by Crippen LogP contribution is 2.46. The van der Waals surface area contributed by atoms with Crippen LogP contribution >= 0.6 is 12.2 Å². The van der Waals surface area contributed by atoms with Crippen LogP contribution in [0.25, 0.3) is 0 Å². The van der Waals surface area contributed by atoms with Gasteiger partial charge in [-0.1, -0.05) is 37.2 Å². The van der Waals surface area contributed by atoms with E-state index in [1.54, 1.807) is 24.3 Å². The van der Waals surface area contributed by atoms with E-state index < -0.39 is 39.8 Å². The van der Waals surface area contributed by atoms with Gasteiger partial charge in [-0.05, 0) is 43.4 Å². The van der Waals surface area contributed by atoms with Crippen molar-refractivity contribution in [1.82, 2.24) is 15.3 Å². The Balaban J connectivity index is 1.60. The second kappa shape index (κ2) is 13.0. The molecule has 40 heavy (non-hydrogen) atoms. The van der Waals surface area contributed by atoms with Gasteiger partial charge >= 0.3 is 12.1 Å². The number of esters is 1. The van der Waals surface area contributed by atoms with Crippen LogP contribution in [0.1, 0.15) is 60.3 Å². The third-order valence-electron chi connectivity index (χ3n) is 6.82. The number of anilines is 1. The number of nitrogens with one attached hydrogen (secondary N) is 2. The molecule has 1 aromatic heterocycles. The third-order valence-corrected chi connectivity index (χ3v) is 8.40. The molecule has 14 heteroatoms. The monoisotopic (exact) mass is 600 g/mol. The van der Waals surface area contributed by atoms with E-state index in [-0.39, 0.29) is 23.2 Å². The Hall–Kier alpha value is -3.13. The van der Waals surface area contributed by atoms with Crippen molar-refractivity contribution in [3.63, 3.8) is 0 Å². The number of ether oxygens (including phenoxy) is 1. The molecule has 2 N–H and O–H groups in total. The molecule has 0 aliphatic heterocycles. The molecule has 1 aliphatic rings. The summed E-state index contributed by atoms with van der Waals surface area (Å²) in [5, 5.41) is 5.74. The van der Waals surface area contributed by atoms with E-state index in [1.165, 1.54) is 13.4 Å². The highest BCUT2D eigenvalue weighted by Gasteiger charge is 2.41. The molecular formula is C26H31F3N4O5S2. The summed E-state index contributed by atoms with van der Waals surface area (Å²) < 4.78 is 65.7. The number of rotatable bonds is 12. The Morgan fingerprint density at radius 2 is 1.75 bits per heavy atom. The smallest absolute Gasteiger partial charge is 0.451 e. The number of unbranched alkanes of at least 4 members (excludes halogenated alkanes) is 1. The summed E-state index contributed by atoms with van der Waals surface area (Å²) in [5.74, 6) is -2.38. The predicted molar refractivity (Wildman–Crippen MR) is 147 cm³/mol. The van der Waals surface area contributed by atoms with Crippen molar-refractivity contribution < 1.29 is 35.9 Å². The Morgan fingerprint density at radius 3 is 2.25 bits per heavy atom. The second-order valence-electron chi connectivity index (χ2n) is 9.92. The van der Waals surface area contributed by atoms with Gasteiger partial charge in [0.1, 0.15) is 15.9 Å². The molecule has 3 rings (SSSR count). The number of sulfone groups is 1. The lowest BCUT2D eigenvalue weighted by molar-refractivity contribution is -0.145. The van der Waals surface area contributed by atoms with Gasteiger partial charge in [-0.3, -0.25) is 4.79 Å². The van der Waals surface area contributed by atoms with Crippen molar-refractivity contribution in [2.24, 2.45) is 5.41 Å². The summed E-state index contributed by atoms with van der Waals surface area (Å²) in [7, 11) is -1.74. The minimum Gasteiger partial charge on any atom is -0.467 e.